The van der Waals surface area contributed by atoms with Crippen LogP contribution in [-0.2, 0) is 27.7 Å². The van der Waals surface area contributed by atoms with Crippen LogP contribution < -0.4 is 15.4 Å². The van der Waals surface area contributed by atoms with Crippen LogP contribution in [0.1, 0.15) is 52.9 Å². The first-order valence-electron chi connectivity index (χ1n) is 13.0. The number of halogens is 1. The normalized spacial score (nSPS) is 18.8. The van der Waals surface area contributed by atoms with E-state index in [1.165, 1.54) is 23.1 Å². The number of hydrogen-bond acceptors (Lipinski definition) is 9. The molecule has 1 amide bonds. The van der Waals surface area contributed by atoms with Gasteiger partial charge in [-0.1, -0.05) is 20.8 Å². The number of hydrogen-bond donors (Lipinski definition) is 2. The molecule has 1 aliphatic carbocycles. The molecule has 1 unspecified atom stereocenters. The van der Waals surface area contributed by atoms with E-state index < -0.39 is 16.8 Å². The van der Waals surface area contributed by atoms with Crippen LogP contribution in [0.5, 0.6) is 5.88 Å². The van der Waals surface area contributed by atoms with Crippen molar-refractivity contribution in [3.05, 3.63) is 30.3 Å². The van der Waals surface area contributed by atoms with Gasteiger partial charge in [0.15, 0.2) is 16.5 Å². The van der Waals surface area contributed by atoms with Crippen molar-refractivity contribution in [1.82, 2.24) is 24.5 Å². The zero-order valence-electron chi connectivity index (χ0n) is 22.5. The number of aliphatic imine (C=N–C) groups is 1. The minimum Gasteiger partial charge on any atom is -0.473 e. The van der Waals surface area contributed by atoms with Crippen LogP contribution in [0.4, 0.5) is 4.39 Å². The Morgan fingerprint density at radius 1 is 1.26 bits per heavy atom. The highest BCUT2D eigenvalue weighted by atomic mass is 32.2. The van der Waals surface area contributed by atoms with Gasteiger partial charge in [-0.25, -0.2) is 13.6 Å². The number of ether oxygens (including phenoxy) is 1. The molecule has 0 saturated heterocycles. The molecule has 4 rings (SSSR count). The number of benzene rings is 1. The number of aromatic nitrogens is 4. The first-order chi connectivity index (χ1) is 18.7. The van der Waals surface area contributed by atoms with Crippen molar-refractivity contribution in [1.29, 1.82) is 0 Å². The minimum atomic E-state index is -1.86. The number of nitrogens with one attached hydrogen (secondary N) is 1. The largest absolute Gasteiger partial charge is 0.473 e. The van der Waals surface area contributed by atoms with Gasteiger partial charge in [0.25, 0.3) is 0 Å². The second-order valence-corrected chi connectivity index (χ2v) is 11.1. The monoisotopic (exact) mass is 559 g/mol. The van der Waals surface area contributed by atoms with Gasteiger partial charge < -0.3 is 9.57 Å². The van der Waals surface area contributed by atoms with Crippen LogP contribution in [0.2, 0.25) is 0 Å². The highest BCUT2D eigenvalue weighted by Crippen LogP contribution is 2.34. The SMILES string of the molecule is CCC(=O)NS(=O)c1ccc(-c2c3ncnc(OC4CCC(C(=NCC(C)C)ON)CC4)c3nn2C)c(F)c1. The van der Waals surface area contributed by atoms with E-state index in [-0.39, 0.29) is 34.8 Å². The van der Waals surface area contributed by atoms with Crippen LogP contribution in [0.3, 0.4) is 0 Å². The maximum absolute atomic E-state index is 15.2. The summed E-state index contributed by atoms with van der Waals surface area (Å²) in [5.41, 5.74) is 1.51. The summed E-state index contributed by atoms with van der Waals surface area (Å²) in [5.74, 6) is 5.96. The number of nitrogens with zero attached hydrogens (tertiary/aromatic N) is 5. The first kappa shape index (κ1) is 28.6. The molecule has 11 nitrogen and oxygen atoms in total. The van der Waals surface area contributed by atoms with E-state index in [1.807, 2.05) is 0 Å². The zero-order chi connectivity index (χ0) is 28.1. The average molecular weight is 560 g/mol. The Labute approximate surface area is 228 Å². The second kappa shape index (κ2) is 12.6. The summed E-state index contributed by atoms with van der Waals surface area (Å²) in [6.07, 6.45) is 4.63. The van der Waals surface area contributed by atoms with Crippen molar-refractivity contribution in [3.8, 4) is 17.1 Å². The topological polar surface area (TPSA) is 147 Å². The summed E-state index contributed by atoms with van der Waals surface area (Å²) in [7, 11) is -0.175. The molecule has 3 aromatic rings. The second-order valence-electron chi connectivity index (χ2n) is 9.92. The summed E-state index contributed by atoms with van der Waals surface area (Å²) in [6, 6.07) is 4.14. The molecule has 39 heavy (non-hydrogen) atoms. The van der Waals surface area contributed by atoms with E-state index in [0.29, 0.717) is 41.0 Å². The molecule has 2 heterocycles. The molecule has 0 bridgehead atoms. The number of rotatable bonds is 9. The van der Waals surface area contributed by atoms with Crippen LogP contribution in [-0.4, -0.2) is 48.4 Å². The molecule has 3 N–H and O–H groups in total. The van der Waals surface area contributed by atoms with Gasteiger partial charge in [0, 0.05) is 31.5 Å². The van der Waals surface area contributed by atoms with Crippen molar-refractivity contribution in [3.63, 3.8) is 0 Å². The van der Waals surface area contributed by atoms with E-state index in [9.17, 15) is 9.00 Å². The van der Waals surface area contributed by atoms with Gasteiger partial charge in [-0.15, -0.1) is 0 Å². The fourth-order valence-corrected chi connectivity index (χ4v) is 5.40. The van der Waals surface area contributed by atoms with Crippen LogP contribution in [0.15, 0.2) is 34.4 Å². The molecule has 13 heteroatoms. The van der Waals surface area contributed by atoms with Gasteiger partial charge in [-0.3, -0.25) is 19.2 Å². The van der Waals surface area contributed by atoms with Gasteiger partial charge in [0.2, 0.25) is 17.7 Å². The molecule has 1 fully saturated rings. The van der Waals surface area contributed by atoms with Crippen LogP contribution in [0, 0.1) is 17.7 Å². The van der Waals surface area contributed by atoms with Gasteiger partial charge in [-0.2, -0.15) is 16.0 Å². The molecule has 1 saturated carbocycles. The standard InChI is InChI=1S/C26H34FN7O4S/c1-5-21(35)33-39(36)18-10-11-19(20(27)12-18)24-22-23(32-34(24)4)26(31-14-30-22)37-17-8-6-16(7-9-17)25(38-28)29-13-15(2)3/h10-12,14-17H,5-9,13,28H2,1-4H3,(H,33,35). The van der Waals surface area contributed by atoms with Crippen molar-refractivity contribution in [2.75, 3.05) is 6.54 Å². The summed E-state index contributed by atoms with van der Waals surface area (Å²) in [4.78, 5) is 30.0. The predicted molar refractivity (Wildman–Crippen MR) is 145 cm³/mol. The highest BCUT2D eigenvalue weighted by molar-refractivity contribution is 7.83. The third kappa shape index (κ3) is 6.59. The number of fused-ring (bicyclic) bond motifs is 1. The van der Waals surface area contributed by atoms with Crippen molar-refractivity contribution >= 4 is 33.8 Å². The molecule has 1 aliphatic rings. The smallest absolute Gasteiger partial charge is 0.245 e. The lowest BCUT2D eigenvalue weighted by Gasteiger charge is -2.28. The fourth-order valence-electron chi connectivity index (χ4n) is 4.53. The predicted octanol–water partition coefficient (Wildman–Crippen LogP) is 3.60. The van der Waals surface area contributed by atoms with E-state index in [4.69, 9.17) is 15.5 Å². The number of nitrogens with two attached hydrogens (primary N) is 1. The Balaban J connectivity index is 1.52. The van der Waals surface area contributed by atoms with Gasteiger partial charge in [-0.05, 0) is 49.8 Å². The van der Waals surface area contributed by atoms with E-state index >= 15 is 4.39 Å². The Bertz CT molecular complexity index is 1390. The fraction of sp³-hybridized carbons (Fsp3) is 0.500. The van der Waals surface area contributed by atoms with E-state index in [1.54, 1.807) is 14.0 Å². The highest BCUT2D eigenvalue weighted by Gasteiger charge is 2.29. The molecular weight excluding hydrogens is 525 g/mol. The van der Waals surface area contributed by atoms with Crippen LogP contribution >= 0.6 is 0 Å². The Kier molecular flexibility index (Phi) is 9.23. The minimum absolute atomic E-state index is 0.0849. The Hall–Kier alpha value is -3.45. The number of amides is 1. The third-order valence-corrected chi connectivity index (χ3v) is 7.65. The molecule has 0 aliphatic heterocycles. The molecule has 1 atom stereocenters. The molecule has 210 valence electrons. The summed E-state index contributed by atoms with van der Waals surface area (Å²) in [6.45, 7) is 6.50. The molecule has 2 aromatic heterocycles. The summed E-state index contributed by atoms with van der Waals surface area (Å²) in [5, 5.41) is 4.53. The van der Waals surface area contributed by atoms with E-state index in [0.717, 1.165) is 31.7 Å². The van der Waals surface area contributed by atoms with Crippen LogP contribution in [0.25, 0.3) is 22.3 Å². The van der Waals surface area contributed by atoms with Crippen molar-refractivity contribution in [2.45, 2.75) is 63.9 Å². The lowest BCUT2D eigenvalue weighted by Crippen LogP contribution is -2.31. The molecule has 0 spiro atoms. The summed E-state index contributed by atoms with van der Waals surface area (Å²) >= 11 is 0. The summed E-state index contributed by atoms with van der Waals surface area (Å²) < 4.78 is 37.7. The zero-order valence-corrected chi connectivity index (χ0v) is 23.3. The molecule has 1 aromatic carbocycles. The molecular formula is C26H34FN7O4S. The first-order valence-corrected chi connectivity index (χ1v) is 14.1. The lowest BCUT2D eigenvalue weighted by molar-refractivity contribution is -0.118. The maximum Gasteiger partial charge on any atom is 0.245 e. The third-order valence-electron chi connectivity index (χ3n) is 6.56. The Morgan fingerprint density at radius 2 is 2.00 bits per heavy atom. The molecule has 0 radical (unpaired) electrons. The van der Waals surface area contributed by atoms with Gasteiger partial charge in [0.1, 0.15) is 23.8 Å². The number of carbonyl (C=O) groups is 1. The van der Waals surface area contributed by atoms with E-state index in [2.05, 4.69) is 38.6 Å². The quantitative estimate of drug-likeness (QED) is 0.230. The van der Waals surface area contributed by atoms with Crippen molar-refractivity contribution < 1.29 is 23.0 Å². The Morgan fingerprint density at radius 3 is 2.64 bits per heavy atom. The van der Waals surface area contributed by atoms with Gasteiger partial charge in [0.05, 0.1) is 10.6 Å². The van der Waals surface area contributed by atoms with Gasteiger partial charge >= 0.3 is 0 Å². The number of carbonyl (C=O) groups excluding carboxylic acids is 1. The maximum atomic E-state index is 15.2. The lowest BCUT2D eigenvalue weighted by atomic mass is 9.87. The number of aryl methyl sites for hydroxylation is 1. The average Bonchev–Trinajstić information content (AvgIpc) is 3.26. The van der Waals surface area contributed by atoms with Crippen molar-refractivity contribution in [2.24, 2.45) is 29.8 Å².